The first-order valence-corrected chi connectivity index (χ1v) is 7.08. The lowest BCUT2D eigenvalue weighted by Crippen LogP contribution is -2.17. The van der Waals surface area contributed by atoms with Crippen molar-refractivity contribution in [2.45, 2.75) is 6.04 Å². The molecule has 0 aliphatic heterocycles. The van der Waals surface area contributed by atoms with E-state index in [4.69, 9.17) is 4.74 Å². The van der Waals surface area contributed by atoms with Crippen LogP contribution in [0.25, 0.3) is 0 Å². The zero-order valence-corrected chi connectivity index (χ0v) is 12.4. The van der Waals surface area contributed by atoms with E-state index in [1.54, 1.807) is 23.5 Å². The minimum atomic E-state index is -0.346. The Balaban J connectivity index is 2.42. The van der Waals surface area contributed by atoms with E-state index in [1.165, 1.54) is 13.2 Å². The highest BCUT2D eigenvalue weighted by molar-refractivity contribution is 9.10. The molecule has 96 valence electrons. The van der Waals surface area contributed by atoms with Gasteiger partial charge in [0.1, 0.15) is 0 Å². The van der Waals surface area contributed by atoms with Gasteiger partial charge in [0.2, 0.25) is 0 Å². The van der Waals surface area contributed by atoms with Crippen LogP contribution in [-0.4, -0.2) is 14.2 Å². The molecule has 0 saturated carbocycles. The highest BCUT2D eigenvalue weighted by atomic mass is 79.9. The molecule has 1 unspecified atom stereocenters. The van der Waals surface area contributed by atoms with Crippen molar-refractivity contribution in [2.75, 3.05) is 14.2 Å². The smallest absolute Gasteiger partial charge is 0.165 e. The fourth-order valence-electron chi connectivity index (χ4n) is 1.82. The van der Waals surface area contributed by atoms with Gasteiger partial charge in [-0.05, 0) is 52.1 Å². The van der Waals surface area contributed by atoms with E-state index < -0.39 is 0 Å². The van der Waals surface area contributed by atoms with E-state index >= 15 is 0 Å². The third kappa shape index (κ3) is 2.58. The van der Waals surface area contributed by atoms with Gasteiger partial charge in [-0.1, -0.05) is 6.07 Å². The highest BCUT2D eigenvalue weighted by Crippen LogP contribution is 2.34. The molecule has 0 aliphatic rings. The number of nitrogens with one attached hydrogen (secondary N) is 1. The van der Waals surface area contributed by atoms with Crippen LogP contribution in [0, 0.1) is 5.82 Å². The molecule has 0 saturated heterocycles. The molecule has 2 aromatic rings. The minimum absolute atomic E-state index is 0.0221. The Morgan fingerprint density at radius 1 is 1.39 bits per heavy atom. The molecule has 0 radical (unpaired) electrons. The summed E-state index contributed by atoms with van der Waals surface area (Å²) >= 11 is 5.17. The largest absolute Gasteiger partial charge is 0.494 e. The number of rotatable bonds is 4. The second kappa shape index (κ2) is 5.82. The summed E-state index contributed by atoms with van der Waals surface area (Å²) in [6.07, 6.45) is 0. The van der Waals surface area contributed by atoms with Crippen LogP contribution in [0.5, 0.6) is 5.75 Å². The van der Waals surface area contributed by atoms with Crippen molar-refractivity contribution >= 4 is 27.3 Å². The molecule has 2 rings (SSSR count). The lowest BCUT2D eigenvalue weighted by molar-refractivity contribution is 0.385. The van der Waals surface area contributed by atoms with Gasteiger partial charge in [0.15, 0.2) is 11.6 Å². The SMILES string of the molecule is CNC(c1ccc(F)c(OC)c1)c1sccc1Br. The van der Waals surface area contributed by atoms with Gasteiger partial charge in [-0.2, -0.15) is 0 Å². The molecule has 1 aromatic carbocycles. The van der Waals surface area contributed by atoms with Gasteiger partial charge < -0.3 is 10.1 Å². The van der Waals surface area contributed by atoms with Crippen molar-refractivity contribution in [2.24, 2.45) is 0 Å². The summed E-state index contributed by atoms with van der Waals surface area (Å²) < 4.78 is 19.5. The summed E-state index contributed by atoms with van der Waals surface area (Å²) in [5.41, 5.74) is 0.971. The third-order valence-electron chi connectivity index (χ3n) is 2.70. The highest BCUT2D eigenvalue weighted by Gasteiger charge is 2.17. The quantitative estimate of drug-likeness (QED) is 0.916. The zero-order chi connectivity index (χ0) is 13.1. The van der Waals surface area contributed by atoms with E-state index in [0.29, 0.717) is 0 Å². The third-order valence-corrected chi connectivity index (χ3v) is 4.64. The Kier molecular flexibility index (Phi) is 4.37. The fraction of sp³-hybridized carbons (Fsp3) is 0.231. The molecule has 0 bridgehead atoms. The van der Waals surface area contributed by atoms with Crippen molar-refractivity contribution < 1.29 is 9.13 Å². The molecule has 2 nitrogen and oxygen atoms in total. The summed E-state index contributed by atoms with van der Waals surface area (Å²) in [7, 11) is 3.35. The molecule has 5 heteroatoms. The van der Waals surface area contributed by atoms with Gasteiger partial charge in [-0.3, -0.25) is 0 Å². The number of hydrogen-bond acceptors (Lipinski definition) is 3. The van der Waals surface area contributed by atoms with Crippen LogP contribution in [-0.2, 0) is 0 Å². The number of halogens is 2. The van der Waals surface area contributed by atoms with Crippen LogP contribution in [0.2, 0.25) is 0 Å². The predicted octanol–water partition coefficient (Wildman–Crippen LogP) is 3.97. The maximum atomic E-state index is 13.4. The fourth-order valence-corrected chi connectivity index (χ4v) is 3.55. The van der Waals surface area contributed by atoms with Gasteiger partial charge in [-0.15, -0.1) is 11.3 Å². The maximum Gasteiger partial charge on any atom is 0.165 e. The predicted molar refractivity (Wildman–Crippen MR) is 75.9 cm³/mol. The number of benzene rings is 1. The molecule has 18 heavy (non-hydrogen) atoms. The van der Waals surface area contributed by atoms with Crippen molar-refractivity contribution in [3.63, 3.8) is 0 Å². The van der Waals surface area contributed by atoms with Gasteiger partial charge in [-0.25, -0.2) is 4.39 Å². The standard InChI is InChI=1S/C13H13BrFNOS/c1-16-12(13-9(14)5-6-18-13)8-3-4-10(15)11(7-8)17-2/h3-7,12,16H,1-2H3. The molecule has 1 atom stereocenters. The average molecular weight is 330 g/mol. The molecule has 0 spiro atoms. The van der Waals surface area contributed by atoms with E-state index in [0.717, 1.165) is 14.9 Å². The van der Waals surface area contributed by atoms with Crippen LogP contribution in [0.15, 0.2) is 34.1 Å². The van der Waals surface area contributed by atoms with Crippen LogP contribution in [0.1, 0.15) is 16.5 Å². The lowest BCUT2D eigenvalue weighted by Gasteiger charge is -2.17. The molecule has 1 heterocycles. The molecule has 1 N–H and O–H groups in total. The normalized spacial score (nSPS) is 12.4. The Bertz CT molecular complexity index is 544. The van der Waals surface area contributed by atoms with Crippen molar-refractivity contribution in [3.05, 3.63) is 50.4 Å². The second-order valence-electron chi connectivity index (χ2n) is 3.75. The van der Waals surface area contributed by atoms with E-state index in [9.17, 15) is 4.39 Å². The van der Waals surface area contributed by atoms with Crippen LogP contribution < -0.4 is 10.1 Å². The summed E-state index contributed by atoms with van der Waals surface area (Å²) in [5, 5.41) is 5.25. The average Bonchev–Trinajstić information content (AvgIpc) is 2.79. The molecule has 0 amide bonds. The Morgan fingerprint density at radius 2 is 2.17 bits per heavy atom. The van der Waals surface area contributed by atoms with E-state index in [1.807, 2.05) is 18.5 Å². The topological polar surface area (TPSA) is 21.3 Å². The Hall–Kier alpha value is -0.910. The number of hydrogen-bond donors (Lipinski definition) is 1. The number of ether oxygens (including phenoxy) is 1. The summed E-state index contributed by atoms with van der Waals surface area (Å²) in [6, 6.07) is 6.95. The first kappa shape index (κ1) is 13.5. The van der Waals surface area contributed by atoms with E-state index in [2.05, 4.69) is 21.2 Å². The maximum absolute atomic E-state index is 13.4. The molecule has 1 aromatic heterocycles. The van der Waals surface area contributed by atoms with Crippen LogP contribution in [0.3, 0.4) is 0 Å². The van der Waals surface area contributed by atoms with Crippen LogP contribution in [0.4, 0.5) is 4.39 Å². The second-order valence-corrected chi connectivity index (χ2v) is 5.55. The summed E-state index contributed by atoms with van der Waals surface area (Å²) in [5.74, 6) is -0.0817. The van der Waals surface area contributed by atoms with Gasteiger partial charge >= 0.3 is 0 Å². The van der Waals surface area contributed by atoms with Crippen molar-refractivity contribution in [1.29, 1.82) is 0 Å². The van der Waals surface area contributed by atoms with Crippen LogP contribution >= 0.6 is 27.3 Å². The lowest BCUT2D eigenvalue weighted by atomic mass is 10.1. The van der Waals surface area contributed by atoms with Crippen molar-refractivity contribution in [3.8, 4) is 5.75 Å². The molecular weight excluding hydrogens is 317 g/mol. The Labute approximate surface area is 118 Å². The van der Waals surface area contributed by atoms with Gasteiger partial charge in [0, 0.05) is 9.35 Å². The monoisotopic (exact) mass is 329 g/mol. The zero-order valence-electron chi connectivity index (χ0n) is 10.0. The first-order valence-electron chi connectivity index (χ1n) is 5.41. The molecule has 0 fully saturated rings. The molecule has 0 aliphatic carbocycles. The number of thiophene rings is 1. The number of methoxy groups -OCH3 is 1. The van der Waals surface area contributed by atoms with Gasteiger partial charge in [0.25, 0.3) is 0 Å². The van der Waals surface area contributed by atoms with E-state index in [-0.39, 0.29) is 17.6 Å². The van der Waals surface area contributed by atoms with Crippen molar-refractivity contribution in [1.82, 2.24) is 5.32 Å². The Morgan fingerprint density at radius 3 is 2.72 bits per heavy atom. The minimum Gasteiger partial charge on any atom is -0.494 e. The first-order chi connectivity index (χ1) is 8.67. The summed E-state index contributed by atoms with van der Waals surface area (Å²) in [6.45, 7) is 0. The summed E-state index contributed by atoms with van der Waals surface area (Å²) in [4.78, 5) is 1.16. The molecular formula is C13H13BrFNOS. The van der Waals surface area contributed by atoms with Gasteiger partial charge in [0.05, 0.1) is 13.2 Å².